The lowest BCUT2D eigenvalue weighted by Gasteiger charge is -2.42. The van der Waals surface area contributed by atoms with Gasteiger partial charge in [-0.1, -0.05) is 83.1 Å². The zero-order valence-electron chi connectivity index (χ0n) is 28.7. The first-order valence-corrected chi connectivity index (χ1v) is 19.6. The molecule has 0 bridgehead atoms. The van der Waals surface area contributed by atoms with E-state index in [1.807, 2.05) is 60.7 Å². The third kappa shape index (κ3) is 7.78. The van der Waals surface area contributed by atoms with Gasteiger partial charge in [0.2, 0.25) is 0 Å². The molecule has 47 heavy (non-hydrogen) atoms. The van der Waals surface area contributed by atoms with Gasteiger partial charge in [0.25, 0.3) is 5.91 Å². The Hall–Kier alpha value is -3.56. The minimum atomic E-state index is -2.02. The number of para-hydroxylation sites is 1. The fraction of sp³-hybridized carbons (Fsp3) is 0.410. The number of amides is 1. The number of rotatable bonds is 10. The molecule has 6 nitrogen and oxygen atoms in total. The maximum absolute atomic E-state index is 14.3. The van der Waals surface area contributed by atoms with E-state index in [0.717, 1.165) is 28.1 Å². The van der Waals surface area contributed by atoms with Crippen molar-refractivity contribution in [1.82, 2.24) is 4.57 Å². The van der Waals surface area contributed by atoms with Gasteiger partial charge in [-0.3, -0.25) is 4.79 Å². The fourth-order valence-electron chi connectivity index (χ4n) is 6.25. The van der Waals surface area contributed by atoms with Crippen molar-refractivity contribution in [1.29, 1.82) is 0 Å². The highest BCUT2D eigenvalue weighted by Gasteiger charge is 2.41. The number of hydrogen-bond donors (Lipinski definition) is 2. The molecule has 0 radical (unpaired) electrons. The molecule has 0 aliphatic carbocycles. The van der Waals surface area contributed by atoms with Crippen molar-refractivity contribution >= 4 is 19.9 Å². The van der Waals surface area contributed by atoms with Crippen LogP contribution in [0, 0.1) is 5.82 Å². The van der Waals surface area contributed by atoms with E-state index in [4.69, 9.17) is 9.16 Å². The van der Waals surface area contributed by atoms with Crippen LogP contribution in [0.25, 0.3) is 22.4 Å². The van der Waals surface area contributed by atoms with Gasteiger partial charge in [-0.25, -0.2) is 4.39 Å². The normalized spacial score (nSPS) is 18.8. The van der Waals surface area contributed by atoms with Crippen LogP contribution in [0.5, 0.6) is 0 Å². The number of carbonyl (C=O) groups excluding carboxylic acids is 1. The molecule has 1 aliphatic heterocycles. The quantitative estimate of drug-likeness (QED) is 0.167. The molecule has 1 aliphatic rings. The molecule has 4 aromatic rings. The molecule has 0 saturated carbocycles. The largest absolute Gasteiger partial charge is 0.411 e. The summed E-state index contributed by atoms with van der Waals surface area (Å²) < 4.78 is 29.3. The Morgan fingerprint density at radius 3 is 2.19 bits per heavy atom. The average molecular weight is 657 g/mol. The predicted octanol–water partition coefficient (Wildman–Crippen LogP) is 9.27. The fourth-order valence-corrected chi connectivity index (χ4v) is 7.60. The summed E-state index contributed by atoms with van der Waals surface area (Å²) in [5.74, 6) is -0.560. The summed E-state index contributed by atoms with van der Waals surface area (Å²) >= 11 is 0. The van der Waals surface area contributed by atoms with Gasteiger partial charge < -0.3 is 24.2 Å². The number of anilines is 1. The minimum absolute atomic E-state index is 0.0252. The van der Waals surface area contributed by atoms with Crippen LogP contribution in [-0.2, 0) is 15.7 Å². The van der Waals surface area contributed by atoms with E-state index >= 15 is 0 Å². The molecule has 0 spiro atoms. The SMILES string of the molecule is CC(C)c1c(C(=O)Nc2ccccc2)c(-c2ccccc2)c(-c2ccc(F)cc2)n1CCC1OCC(O[Si](C)(C)C(C)(C)C)CC1O. The van der Waals surface area contributed by atoms with Crippen molar-refractivity contribution in [3.05, 3.63) is 102 Å². The first-order valence-electron chi connectivity index (χ1n) is 16.7. The number of nitrogens with one attached hydrogen (secondary N) is 1. The highest BCUT2D eigenvalue weighted by atomic mass is 28.4. The van der Waals surface area contributed by atoms with E-state index in [2.05, 4.69) is 57.6 Å². The Morgan fingerprint density at radius 1 is 1.00 bits per heavy atom. The second-order valence-electron chi connectivity index (χ2n) is 14.4. The molecular weight excluding hydrogens is 608 g/mol. The zero-order chi connectivity index (χ0) is 33.9. The van der Waals surface area contributed by atoms with Crippen molar-refractivity contribution < 1.29 is 23.5 Å². The number of aliphatic hydroxyl groups is 1. The Morgan fingerprint density at radius 2 is 1.62 bits per heavy atom. The summed E-state index contributed by atoms with van der Waals surface area (Å²) in [4.78, 5) is 14.3. The van der Waals surface area contributed by atoms with Crippen molar-refractivity contribution in [2.45, 2.75) is 96.4 Å². The van der Waals surface area contributed by atoms with Crippen LogP contribution in [0.3, 0.4) is 0 Å². The number of halogens is 1. The summed E-state index contributed by atoms with van der Waals surface area (Å²) in [5, 5.41) is 14.5. The van der Waals surface area contributed by atoms with Crippen molar-refractivity contribution in [2.24, 2.45) is 0 Å². The highest BCUT2D eigenvalue weighted by molar-refractivity contribution is 6.74. The molecule has 2 N–H and O–H groups in total. The second kappa shape index (κ2) is 14.3. The number of hydrogen-bond acceptors (Lipinski definition) is 4. The maximum atomic E-state index is 14.3. The van der Waals surface area contributed by atoms with E-state index in [1.54, 1.807) is 12.1 Å². The van der Waals surface area contributed by atoms with E-state index in [9.17, 15) is 14.3 Å². The summed E-state index contributed by atoms with van der Waals surface area (Å²) in [7, 11) is -2.02. The Labute approximate surface area is 280 Å². The first kappa shape index (κ1) is 34.8. The Kier molecular flexibility index (Phi) is 10.6. The van der Waals surface area contributed by atoms with Crippen LogP contribution in [0.15, 0.2) is 84.9 Å². The summed E-state index contributed by atoms with van der Waals surface area (Å²) in [6, 6.07) is 25.8. The smallest absolute Gasteiger partial charge is 0.258 e. The van der Waals surface area contributed by atoms with Gasteiger partial charge in [0.1, 0.15) is 5.82 Å². The topological polar surface area (TPSA) is 72.7 Å². The molecule has 3 unspecified atom stereocenters. The molecule has 5 rings (SSSR count). The number of aromatic nitrogens is 1. The molecule has 1 amide bonds. The standard InChI is InChI=1S/C39H49FN2O4Si/c1-26(2)36-35(38(44)41-30-16-12-9-13-17-30)34(27-14-10-8-11-15-27)37(28-18-20-29(40)21-19-28)42(36)23-22-33-32(43)24-31(25-45-33)46-47(6,7)39(3,4)5/h8-21,26,31-33,43H,22-25H2,1-7H3,(H,41,44). The van der Waals surface area contributed by atoms with Gasteiger partial charge in [0.05, 0.1) is 36.2 Å². The third-order valence-corrected chi connectivity index (χ3v) is 14.2. The highest BCUT2D eigenvalue weighted by Crippen LogP contribution is 2.43. The molecule has 3 aromatic carbocycles. The number of nitrogens with zero attached hydrogens (tertiary/aromatic N) is 1. The summed E-state index contributed by atoms with van der Waals surface area (Å²) in [6.45, 7) is 16.2. The van der Waals surface area contributed by atoms with Gasteiger partial charge in [-0.2, -0.15) is 0 Å². The molecule has 1 fully saturated rings. The molecule has 3 atom stereocenters. The van der Waals surface area contributed by atoms with E-state index in [-0.39, 0.29) is 34.9 Å². The first-order chi connectivity index (χ1) is 22.3. The zero-order valence-corrected chi connectivity index (χ0v) is 29.7. The van der Waals surface area contributed by atoms with Gasteiger partial charge in [0.15, 0.2) is 8.32 Å². The Bertz CT molecular complexity index is 1650. The lowest BCUT2D eigenvalue weighted by Crippen LogP contribution is -2.50. The molecule has 1 saturated heterocycles. The summed E-state index contributed by atoms with van der Waals surface area (Å²) in [5.41, 5.74) is 5.49. The lowest BCUT2D eigenvalue weighted by atomic mass is 9.94. The van der Waals surface area contributed by atoms with Crippen LogP contribution in [0.4, 0.5) is 10.1 Å². The van der Waals surface area contributed by atoms with Crippen molar-refractivity contribution in [2.75, 3.05) is 11.9 Å². The van der Waals surface area contributed by atoms with E-state index in [1.165, 1.54) is 12.1 Å². The number of aliphatic hydroxyl groups excluding tert-OH is 1. The molecule has 2 heterocycles. The van der Waals surface area contributed by atoms with Crippen LogP contribution in [-0.4, -0.2) is 48.8 Å². The van der Waals surface area contributed by atoms with Gasteiger partial charge in [0, 0.05) is 29.9 Å². The van der Waals surface area contributed by atoms with E-state index in [0.29, 0.717) is 37.2 Å². The lowest BCUT2D eigenvalue weighted by molar-refractivity contribution is -0.122. The van der Waals surface area contributed by atoms with Crippen molar-refractivity contribution in [3.63, 3.8) is 0 Å². The summed E-state index contributed by atoms with van der Waals surface area (Å²) in [6.07, 6.45) is -0.164. The number of benzene rings is 3. The van der Waals surface area contributed by atoms with Gasteiger partial charge >= 0.3 is 0 Å². The monoisotopic (exact) mass is 656 g/mol. The van der Waals surface area contributed by atoms with Crippen LogP contribution >= 0.6 is 0 Å². The number of carbonyl (C=O) groups is 1. The van der Waals surface area contributed by atoms with Crippen LogP contribution in [0.1, 0.15) is 69.4 Å². The molecule has 250 valence electrons. The number of ether oxygens (including phenoxy) is 1. The van der Waals surface area contributed by atoms with Crippen LogP contribution in [0.2, 0.25) is 18.1 Å². The van der Waals surface area contributed by atoms with E-state index < -0.39 is 14.4 Å². The third-order valence-electron chi connectivity index (χ3n) is 9.62. The predicted molar refractivity (Wildman–Crippen MR) is 191 cm³/mol. The minimum Gasteiger partial charge on any atom is -0.411 e. The molecular formula is C39H49FN2O4Si. The van der Waals surface area contributed by atoms with Crippen molar-refractivity contribution in [3.8, 4) is 22.4 Å². The maximum Gasteiger partial charge on any atom is 0.258 e. The second-order valence-corrected chi connectivity index (χ2v) is 19.2. The van der Waals surface area contributed by atoms with Gasteiger partial charge in [-0.15, -0.1) is 0 Å². The van der Waals surface area contributed by atoms with Gasteiger partial charge in [-0.05, 0) is 78.0 Å². The molecule has 1 aromatic heterocycles. The Balaban J connectivity index is 1.55. The van der Waals surface area contributed by atoms with Crippen LogP contribution < -0.4 is 5.32 Å². The molecule has 8 heteroatoms. The average Bonchev–Trinajstić information content (AvgIpc) is 3.37.